The molecule has 0 aromatic rings. The van der Waals surface area contributed by atoms with Gasteiger partial charge >= 0.3 is 5.97 Å². The molecule has 0 amide bonds. The normalized spacial score (nSPS) is 51.2. The standard InChI is InChI=1S/C13H16O4/c14-6-12-4-8-1-9(5-12)3-10(2-8)13(12,7-15)11(16)17/h6-10H,1-5H2,(H,16,17). The Morgan fingerprint density at radius 3 is 2.06 bits per heavy atom. The lowest BCUT2D eigenvalue weighted by atomic mass is 9.39. The molecule has 4 aliphatic carbocycles. The summed E-state index contributed by atoms with van der Waals surface area (Å²) in [7, 11) is 0. The van der Waals surface area contributed by atoms with E-state index in [0.29, 0.717) is 31.0 Å². The summed E-state index contributed by atoms with van der Waals surface area (Å²) in [6.45, 7) is 0. The largest absolute Gasteiger partial charge is 0.480 e. The zero-order chi connectivity index (χ0) is 12.3. The predicted molar refractivity (Wildman–Crippen MR) is 58.2 cm³/mol. The minimum atomic E-state index is -1.44. The van der Waals surface area contributed by atoms with Gasteiger partial charge in [0.1, 0.15) is 18.0 Å². The molecular weight excluding hydrogens is 220 g/mol. The van der Waals surface area contributed by atoms with Crippen LogP contribution in [-0.4, -0.2) is 23.6 Å². The van der Waals surface area contributed by atoms with Gasteiger partial charge in [0.05, 0.1) is 0 Å². The van der Waals surface area contributed by atoms with Gasteiger partial charge in [-0.2, -0.15) is 0 Å². The molecule has 0 saturated heterocycles. The third-order valence-electron chi connectivity index (χ3n) is 5.44. The zero-order valence-corrected chi connectivity index (χ0v) is 9.59. The Morgan fingerprint density at radius 2 is 1.65 bits per heavy atom. The van der Waals surface area contributed by atoms with Crippen molar-refractivity contribution >= 4 is 18.5 Å². The van der Waals surface area contributed by atoms with Gasteiger partial charge < -0.3 is 14.7 Å². The zero-order valence-electron chi connectivity index (χ0n) is 9.59. The van der Waals surface area contributed by atoms with E-state index in [0.717, 1.165) is 25.5 Å². The quantitative estimate of drug-likeness (QED) is 0.592. The highest BCUT2D eigenvalue weighted by Crippen LogP contribution is 2.67. The minimum Gasteiger partial charge on any atom is -0.480 e. The van der Waals surface area contributed by atoms with Gasteiger partial charge in [-0.15, -0.1) is 0 Å². The van der Waals surface area contributed by atoms with Gasteiger partial charge in [0.2, 0.25) is 0 Å². The molecular formula is C13H16O4. The van der Waals surface area contributed by atoms with E-state index in [1.807, 2.05) is 0 Å². The molecule has 92 valence electrons. The molecule has 1 N–H and O–H groups in total. The van der Waals surface area contributed by atoms with E-state index >= 15 is 0 Å². The summed E-state index contributed by atoms with van der Waals surface area (Å²) in [6, 6.07) is 0. The first-order chi connectivity index (χ1) is 8.08. The highest BCUT2D eigenvalue weighted by Gasteiger charge is 2.69. The number of carbonyl (C=O) groups excluding carboxylic acids is 2. The highest BCUT2D eigenvalue weighted by atomic mass is 16.4. The van der Waals surface area contributed by atoms with Crippen molar-refractivity contribution in [3.8, 4) is 0 Å². The molecule has 0 heterocycles. The second kappa shape index (κ2) is 3.18. The number of carboxylic acid groups (broad SMARTS) is 1. The molecule has 0 aromatic heterocycles. The first kappa shape index (κ1) is 10.9. The molecule has 4 saturated carbocycles. The van der Waals surface area contributed by atoms with E-state index in [9.17, 15) is 19.5 Å². The maximum Gasteiger partial charge on any atom is 0.318 e. The molecule has 0 radical (unpaired) electrons. The number of rotatable bonds is 3. The Labute approximate surface area is 99.4 Å². The number of hydrogen-bond acceptors (Lipinski definition) is 3. The van der Waals surface area contributed by atoms with E-state index in [4.69, 9.17) is 0 Å². The average molecular weight is 236 g/mol. The molecule has 0 aromatic carbocycles. The third-order valence-corrected chi connectivity index (χ3v) is 5.44. The van der Waals surface area contributed by atoms with Gasteiger partial charge in [-0.3, -0.25) is 4.79 Å². The topological polar surface area (TPSA) is 71.4 Å². The Hall–Kier alpha value is -1.19. The van der Waals surface area contributed by atoms with Crippen LogP contribution in [0.2, 0.25) is 0 Å². The van der Waals surface area contributed by atoms with Gasteiger partial charge in [0.15, 0.2) is 0 Å². The van der Waals surface area contributed by atoms with Crippen molar-refractivity contribution in [3.63, 3.8) is 0 Å². The van der Waals surface area contributed by atoms with Crippen molar-refractivity contribution in [3.05, 3.63) is 0 Å². The first-order valence-corrected chi connectivity index (χ1v) is 6.24. The fourth-order valence-corrected chi connectivity index (χ4v) is 4.97. The second-order valence-corrected chi connectivity index (χ2v) is 6.11. The summed E-state index contributed by atoms with van der Waals surface area (Å²) in [4.78, 5) is 34.6. The summed E-state index contributed by atoms with van der Waals surface area (Å²) in [5, 5.41) is 9.50. The van der Waals surface area contributed by atoms with E-state index in [2.05, 4.69) is 0 Å². The van der Waals surface area contributed by atoms with Gasteiger partial charge in [0, 0.05) is 5.41 Å². The van der Waals surface area contributed by atoms with Crippen LogP contribution in [0.1, 0.15) is 32.1 Å². The summed E-state index contributed by atoms with van der Waals surface area (Å²) in [6.07, 6.45) is 5.24. The molecule has 4 heteroatoms. The van der Waals surface area contributed by atoms with Gasteiger partial charge in [-0.25, -0.2) is 0 Å². The van der Waals surface area contributed by atoms with Crippen LogP contribution in [0.5, 0.6) is 0 Å². The van der Waals surface area contributed by atoms with E-state index in [1.165, 1.54) is 0 Å². The van der Waals surface area contributed by atoms with Gasteiger partial charge in [-0.05, 0) is 49.9 Å². The maximum atomic E-state index is 11.6. The van der Waals surface area contributed by atoms with Crippen LogP contribution in [0.15, 0.2) is 0 Å². The number of carboxylic acids is 1. The van der Waals surface area contributed by atoms with Gasteiger partial charge in [-0.1, -0.05) is 0 Å². The van der Waals surface area contributed by atoms with Crippen molar-refractivity contribution in [2.45, 2.75) is 32.1 Å². The molecule has 3 unspecified atom stereocenters. The van der Waals surface area contributed by atoms with Crippen molar-refractivity contribution in [1.29, 1.82) is 0 Å². The number of hydrogen-bond donors (Lipinski definition) is 1. The van der Waals surface area contributed by atoms with Crippen molar-refractivity contribution in [2.75, 3.05) is 0 Å². The average Bonchev–Trinajstić information content (AvgIpc) is 2.28. The fraction of sp³-hybridized carbons (Fsp3) is 0.769. The number of aldehydes is 2. The first-order valence-electron chi connectivity index (χ1n) is 6.24. The van der Waals surface area contributed by atoms with Crippen molar-refractivity contribution in [2.24, 2.45) is 28.6 Å². The van der Waals surface area contributed by atoms with Crippen LogP contribution in [0.4, 0.5) is 0 Å². The van der Waals surface area contributed by atoms with Crippen LogP contribution < -0.4 is 0 Å². The van der Waals surface area contributed by atoms with Crippen LogP contribution in [0.25, 0.3) is 0 Å². The summed E-state index contributed by atoms with van der Waals surface area (Å²) < 4.78 is 0. The lowest BCUT2D eigenvalue weighted by Crippen LogP contribution is -2.64. The summed E-state index contributed by atoms with van der Waals surface area (Å²) >= 11 is 0. The molecule has 4 nitrogen and oxygen atoms in total. The molecule has 3 atom stereocenters. The van der Waals surface area contributed by atoms with Crippen molar-refractivity contribution in [1.82, 2.24) is 0 Å². The van der Waals surface area contributed by atoms with Gasteiger partial charge in [0.25, 0.3) is 0 Å². The Balaban J connectivity index is 2.16. The molecule has 4 aliphatic rings. The van der Waals surface area contributed by atoms with E-state index < -0.39 is 16.8 Å². The van der Waals surface area contributed by atoms with Crippen molar-refractivity contribution < 1.29 is 19.5 Å². The molecule has 0 spiro atoms. The summed E-state index contributed by atoms with van der Waals surface area (Å²) in [5.41, 5.74) is -2.36. The van der Waals surface area contributed by atoms with Crippen LogP contribution in [-0.2, 0) is 14.4 Å². The number of carbonyl (C=O) groups is 3. The van der Waals surface area contributed by atoms with Crippen LogP contribution in [0, 0.1) is 28.6 Å². The van der Waals surface area contributed by atoms with Crippen LogP contribution in [0.3, 0.4) is 0 Å². The monoisotopic (exact) mass is 236 g/mol. The van der Waals surface area contributed by atoms with E-state index in [-0.39, 0.29) is 5.92 Å². The third kappa shape index (κ3) is 1.06. The summed E-state index contributed by atoms with van der Waals surface area (Å²) in [5.74, 6) is -0.326. The second-order valence-electron chi connectivity index (χ2n) is 6.11. The molecule has 0 aliphatic heterocycles. The van der Waals surface area contributed by atoms with E-state index in [1.54, 1.807) is 0 Å². The number of aliphatic carboxylic acids is 1. The smallest absolute Gasteiger partial charge is 0.318 e. The molecule has 4 fully saturated rings. The lowest BCUT2D eigenvalue weighted by molar-refractivity contribution is -0.196. The maximum absolute atomic E-state index is 11.6. The molecule has 4 bridgehead atoms. The minimum absolute atomic E-state index is 0.131. The van der Waals surface area contributed by atoms with Crippen LogP contribution >= 0.6 is 0 Å². The lowest BCUT2D eigenvalue weighted by Gasteiger charge is -2.61. The Bertz CT molecular complexity index is 388. The Morgan fingerprint density at radius 1 is 1.06 bits per heavy atom. The molecule has 17 heavy (non-hydrogen) atoms. The highest BCUT2D eigenvalue weighted by molar-refractivity contribution is 5.98. The molecule has 4 rings (SSSR count). The predicted octanol–water partition coefficient (Wildman–Crippen LogP) is 1.28. The fourth-order valence-electron chi connectivity index (χ4n) is 4.97. The SMILES string of the molecule is O=CC12CC3CC(CC(C3)C1(C=O)C(=O)O)C2. The Kier molecular flexibility index (Phi) is 2.04.